The Balaban J connectivity index is 2.08. The standard InChI is InChI=1S/C17H22N2O2/c1-4-19-9-12-7-15-14(5-6-17(20)21)11(2)18(3)16(15)8-13(12)10-19/h7-8H,4-6,9-10H2,1-3H3,(H,20,21). The minimum Gasteiger partial charge on any atom is -0.481 e. The van der Waals surface area contributed by atoms with Crippen LogP contribution in [0.4, 0.5) is 0 Å². The highest BCUT2D eigenvalue weighted by Crippen LogP contribution is 2.32. The molecule has 0 unspecified atom stereocenters. The first-order chi connectivity index (χ1) is 10.0. The molecule has 0 saturated carbocycles. The van der Waals surface area contributed by atoms with E-state index in [4.69, 9.17) is 5.11 Å². The molecule has 0 fully saturated rings. The van der Waals surface area contributed by atoms with Crippen LogP contribution in [0.1, 0.15) is 35.7 Å². The number of aryl methyl sites for hydroxylation is 2. The number of rotatable bonds is 4. The van der Waals surface area contributed by atoms with E-state index in [9.17, 15) is 4.79 Å². The summed E-state index contributed by atoms with van der Waals surface area (Å²) in [5, 5.41) is 10.2. The number of benzene rings is 1. The second-order valence-electron chi connectivity index (χ2n) is 5.96. The average Bonchev–Trinajstić information content (AvgIpc) is 2.95. The quantitative estimate of drug-likeness (QED) is 0.940. The lowest BCUT2D eigenvalue weighted by Gasteiger charge is -2.09. The van der Waals surface area contributed by atoms with Gasteiger partial charge in [0, 0.05) is 43.2 Å². The number of carbonyl (C=O) groups is 1. The Morgan fingerprint density at radius 3 is 2.57 bits per heavy atom. The smallest absolute Gasteiger partial charge is 0.303 e. The Hall–Kier alpha value is -1.81. The molecule has 2 heterocycles. The Labute approximate surface area is 125 Å². The van der Waals surface area contributed by atoms with Crippen LogP contribution in [0.25, 0.3) is 10.9 Å². The molecule has 112 valence electrons. The van der Waals surface area contributed by atoms with E-state index in [0.717, 1.165) is 19.6 Å². The summed E-state index contributed by atoms with van der Waals surface area (Å²) in [5.74, 6) is -0.732. The zero-order valence-electron chi connectivity index (χ0n) is 12.9. The average molecular weight is 286 g/mol. The lowest BCUT2D eigenvalue weighted by atomic mass is 10.0. The monoisotopic (exact) mass is 286 g/mol. The zero-order chi connectivity index (χ0) is 15.1. The lowest BCUT2D eigenvalue weighted by molar-refractivity contribution is -0.136. The molecule has 0 bridgehead atoms. The Bertz CT molecular complexity index is 715. The fraction of sp³-hybridized carbons (Fsp3) is 0.471. The van der Waals surface area contributed by atoms with Crippen molar-refractivity contribution in [2.45, 2.75) is 39.8 Å². The van der Waals surface area contributed by atoms with Gasteiger partial charge in [-0.2, -0.15) is 0 Å². The van der Waals surface area contributed by atoms with E-state index < -0.39 is 5.97 Å². The summed E-state index contributed by atoms with van der Waals surface area (Å²) in [6.45, 7) is 7.37. The molecule has 21 heavy (non-hydrogen) atoms. The van der Waals surface area contributed by atoms with Crippen LogP contribution in [0.5, 0.6) is 0 Å². The van der Waals surface area contributed by atoms with Crippen LogP contribution in [0.2, 0.25) is 0 Å². The van der Waals surface area contributed by atoms with Gasteiger partial charge in [-0.3, -0.25) is 9.69 Å². The molecule has 3 rings (SSSR count). The number of fused-ring (bicyclic) bond motifs is 2. The van der Waals surface area contributed by atoms with Gasteiger partial charge in [-0.25, -0.2) is 0 Å². The summed E-state index contributed by atoms with van der Waals surface area (Å²) in [6.07, 6.45) is 0.799. The highest BCUT2D eigenvalue weighted by atomic mass is 16.4. The normalized spacial score (nSPS) is 14.8. The Morgan fingerprint density at radius 2 is 1.95 bits per heavy atom. The van der Waals surface area contributed by atoms with E-state index in [1.807, 2.05) is 0 Å². The fourth-order valence-corrected chi connectivity index (χ4v) is 3.38. The van der Waals surface area contributed by atoms with Gasteiger partial charge in [0.25, 0.3) is 0 Å². The second kappa shape index (κ2) is 5.19. The van der Waals surface area contributed by atoms with Crippen molar-refractivity contribution in [3.8, 4) is 0 Å². The molecule has 1 aromatic heterocycles. The van der Waals surface area contributed by atoms with Gasteiger partial charge in [0.15, 0.2) is 0 Å². The van der Waals surface area contributed by atoms with E-state index in [0.29, 0.717) is 6.42 Å². The Morgan fingerprint density at radius 1 is 1.29 bits per heavy atom. The Kier molecular flexibility index (Phi) is 3.49. The highest BCUT2D eigenvalue weighted by Gasteiger charge is 2.21. The largest absolute Gasteiger partial charge is 0.481 e. The first-order valence-electron chi connectivity index (χ1n) is 7.55. The molecule has 4 heteroatoms. The number of hydrogen-bond donors (Lipinski definition) is 1. The molecule has 1 aromatic carbocycles. The van der Waals surface area contributed by atoms with Crippen molar-refractivity contribution in [2.75, 3.05) is 6.54 Å². The predicted octanol–water partition coefficient (Wildman–Crippen LogP) is 2.84. The summed E-state index contributed by atoms with van der Waals surface area (Å²) in [5.41, 5.74) is 6.40. The number of aromatic nitrogens is 1. The van der Waals surface area contributed by atoms with E-state index in [-0.39, 0.29) is 6.42 Å². The van der Waals surface area contributed by atoms with Crippen molar-refractivity contribution in [3.05, 3.63) is 34.5 Å². The van der Waals surface area contributed by atoms with E-state index >= 15 is 0 Å². The molecule has 1 N–H and O–H groups in total. The topological polar surface area (TPSA) is 45.5 Å². The maximum absolute atomic E-state index is 10.9. The van der Waals surface area contributed by atoms with Crippen LogP contribution in [0, 0.1) is 6.92 Å². The maximum Gasteiger partial charge on any atom is 0.303 e. The molecule has 0 saturated heterocycles. The van der Waals surface area contributed by atoms with Crippen molar-refractivity contribution in [1.29, 1.82) is 0 Å². The van der Waals surface area contributed by atoms with Gasteiger partial charge in [0.05, 0.1) is 0 Å². The molecule has 1 aliphatic heterocycles. The van der Waals surface area contributed by atoms with Gasteiger partial charge >= 0.3 is 5.97 Å². The van der Waals surface area contributed by atoms with Gasteiger partial charge in [-0.1, -0.05) is 6.92 Å². The van der Waals surface area contributed by atoms with Gasteiger partial charge in [0.2, 0.25) is 0 Å². The second-order valence-corrected chi connectivity index (χ2v) is 5.96. The lowest BCUT2D eigenvalue weighted by Crippen LogP contribution is -2.14. The molecular formula is C17H22N2O2. The van der Waals surface area contributed by atoms with E-state index in [1.54, 1.807) is 0 Å². The summed E-state index contributed by atoms with van der Waals surface area (Å²) < 4.78 is 2.20. The first kappa shape index (κ1) is 14.1. The van der Waals surface area contributed by atoms with Crippen LogP contribution in [-0.2, 0) is 31.4 Å². The number of hydrogen-bond acceptors (Lipinski definition) is 2. The summed E-state index contributed by atoms with van der Waals surface area (Å²) in [7, 11) is 2.07. The van der Waals surface area contributed by atoms with Crippen molar-refractivity contribution < 1.29 is 9.90 Å². The fourth-order valence-electron chi connectivity index (χ4n) is 3.38. The van der Waals surface area contributed by atoms with Gasteiger partial charge in [-0.15, -0.1) is 0 Å². The minimum absolute atomic E-state index is 0.193. The SMILES string of the molecule is CCN1Cc2cc3c(CCC(=O)O)c(C)n(C)c3cc2C1. The van der Waals surface area contributed by atoms with Crippen molar-refractivity contribution >= 4 is 16.9 Å². The van der Waals surface area contributed by atoms with Crippen LogP contribution in [0.15, 0.2) is 12.1 Å². The minimum atomic E-state index is -0.732. The molecule has 0 radical (unpaired) electrons. The molecular weight excluding hydrogens is 264 g/mol. The third kappa shape index (κ3) is 2.33. The summed E-state index contributed by atoms with van der Waals surface area (Å²) >= 11 is 0. The first-order valence-corrected chi connectivity index (χ1v) is 7.55. The number of nitrogens with zero attached hydrogens (tertiary/aromatic N) is 2. The maximum atomic E-state index is 10.9. The third-order valence-electron chi connectivity index (χ3n) is 4.77. The van der Waals surface area contributed by atoms with E-state index in [2.05, 4.69) is 42.5 Å². The molecule has 1 aliphatic rings. The number of aliphatic carboxylic acids is 1. The summed E-state index contributed by atoms with van der Waals surface area (Å²) in [6, 6.07) is 4.57. The van der Waals surface area contributed by atoms with Gasteiger partial charge in [0.1, 0.15) is 0 Å². The molecule has 0 atom stereocenters. The van der Waals surface area contributed by atoms with Crippen LogP contribution < -0.4 is 0 Å². The number of carboxylic acids is 1. The predicted molar refractivity (Wildman–Crippen MR) is 83.4 cm³/mol. The molecule has 0 amide bonds. The molecule has 0 aliphatic carbocycles. The van der Waals surface area contributed by atoms with Gasteiger partial charge < -0.3 is 9.67 Å². The van der Waals surface area contributed by atoms with Crippen molar-refractivity contribution in [2.24, 2.45) is 7.05 Å². The molecule has 0 spiro atoms. The van der Waals surface area contributed by atoms with Crippen molar-refractivity contribution in [1.82, 2.24) is 9.47 Å². The third-order valence-corrected chi connectivity index (χ3v) is 4.77. The highest BCUT2D eigenvalue weighted by molar-refractivity contribution is 5.87. The van der Waals surface area contributed by atoms with Gasteiger partial charge in [-0.05, 0) is 48.7 Å². The zero-order valence-corrected chi connectivity index (χ0v) is 12.9. The molecule has 2 aromatic rings. The van der Waals surface area contributed by atoms with Crippen LogP contribution in [0.3, 0.4) is 0 Å². The van der Waals surface area contributed by atoms with Crippen LogP contribution >= 0.6 is 0 Å². The van der Waals surface area contributed by atoms with E-state index in [1.165, 1.54) is 33.3 Å². The number of carboxylic acid groups (broad SMARTS) is 1. The summed E-state index contributed by atoms with van der Waals surface area (Å²) in [4.78, 5) is 13.3. The molecule has 4 nitrogen and oxygen atoms in total. The van der Waals surface area contributed by atoms with Crippen LogP contribution in [-0.4, -0.2) is 27.1 Å². The van der Waals surface area contributed by atoms with Crippen molar-refractivity contribution in [3.63, 3.8) is 0 Å².